The second-order valence-electron chi connectivity index (χ2n) is 5.12. The van der Waals surface area contributed by atoms with Crippen molar-refractivity contribution in [2.75, 3.05) is 19.6 Å². The molecule has 112 valence electrons. The van der Waals surface area contributed by atoms with E-state index in [-0.39, 0.29) is 11.6 Å². The number of rotatable bonds is 3. The van der Waals surface area contributed by atoms with Crippen LogP contribution in [0.3, 0.4) is 0 Å². The van der Waals surface area contributed by atoms with Crippen LogP contribution in [0, 0.1) is 0 Å². The Bertz CT molecular complexity index is 442. The summed E-state index contributed by atoms with van der Waals surface area (Å²) in [6.07, 6.45) is -5.28. The van der Waals surface area contributed by atoms with E-state index < -0.39 is 23.8 Å². The van der Waals surface area contributed by atoms with Crippen LogP contribution in [-0.4, -0.2) is 36.9 Å². The Morgan fingerprint density at radius 1 is 1.25 bits per heavy atom. The van der Waals surface area contributed by atoms with Gasteiger partial charge in [0.25, 0.3) is 0 Å². The summed E-state index contributed by atoms with van der Waals surface area (Å²) in [5, 5.41) is 16.3. The first-order valence-corrected chi connectivity index (χ1v) is 6.69. The molecule has 1 aromatic carbocycles. The van der Waals surface area contributed by atoms with Gasteiger partial charge in [0, 0.05) is 31.6 Å². The van der Waals surface area contributed by atoms with Gasteiger partial charge in [0.1, 0.15) is 0 Å². The van der Waals surface area contributed by atoms with Crippen molar-refractivity contribution < 1.29 is 18.3 Å². The molecule has 1 aromatic rings. The van der Waals surface area contributed by atoms with E-state index in [0.29, 0.717) is 13.1 Å². The van der Waals surface area contributed by atoms with Crippen molar-refractivity contribution in [3.05, 3.63) is 35.4 Å². The number of hydrogen-bond acceptors (Lipinski definition) is 3. The molecule has 0 aromatic heterocycles. The molecular weight excluding hydrogens is 269 g/mol. The van der Waals surface area contributed by atoms with Crippen LogP contribution in [0.1, 0.15) is 24.0 Å². The molecule has 1 aliphatic rings. The Balaban J connectivity index is 2.39. The number of nitrogens with one attached hydrogen (secondary N) is 2. The average Bonchev–Trinajstić information content (AvgIpc) is 2.39. The van der Waals surface area contributed by atoms with Crippen molar-refractivity contribution in [3.8, 4) is 0 Å². The SMILES string of the molecule is CC(O)C(c1ccccc1C(F)(F)F)C1CNCCN1. The van der Waals surface area contributed by atoms with Gasteiger partial charge in [-0.1, -0.05) is 18.2 Å². The zero-order chi connectivity index (χ0) is 14.8. The van der Waals surface area contributed by atoms with Gasteiger partial charge in [-0.05, 0) is 18.6 Å². The fourth-order valence-corrected chi connectivity index (χ4v) is 2.79. The first kappa shape index (κ1) is 15.3. The first-order chi connectivity index (χ1) is 9.41. The number of hydrogen-bond donors (Lipinski definition) is 3. The molecule has 3 atom stereocenters. The largest absolute Gasteiger partial charge is 0.416 e. The summed E-state index contributed by atoms with van der Waals surface area (Å²) < 4.78 is 39.4. The lowest BCUT2D eigenvalue weighted by molar-refractivity contribution is -0.138. The quantitative estimate of drug-likeness (QED) is 0.794. The smallest absolute Gasteiger partial charge is 0.393 e. The van der Waals surface area contributed by atoms with Crippen LogP contribution >= 0.6 is 0 Å². The zero-order valence-electron chi connectivity index (χ0n) is 11.2. The standard InChI is InChI=1S/C14H19F3N2O/c1-9(20)13(12-8-18-6-7-19-12)10-4-2-3-5-11(10)14(15,16)17/h2-5,9,12-13,18-20H,6-8H2,1H3. The van der Waals surface area contributed by atoms with E-state index in [2.05, 4.69) is 10.6 Å². The molecule has 0 saturated carbocycles. The molecule has 1 aliphatic heterocycles. The van der Waals surface area contributed by atoms with Gasteiger partial charge in [-0.3, -0.25) is 0 Å². The van der Waals surface area contributed by atoms with Crippen LogP contribution in [-0.2, 0) is 6.18 Å². The van der Waals surface area contributed by atoms with Gasteiger partial charge in [-0.15, -0.1) is 0 Å². The van der Waals surface area contributed by atoms with Gasteiger partial charge in [0.05, 0.1) is 11.7 Å². The Labute approximate surface area is 116 Å². The lowest BCUT2D eigenvalue weighted by Gasteiger charge is -2.35. The lowest BCUT2D eigenvalue weighted by atomic mass is 9.83. The predicted octanol–water partition coefficient (Wildman–Crippen LogP) is 1.73. The average molecular weight is 288 g/mol. The van der Waals surface area contributed by atoms with Crippen molar-refractivity contribution in [1.82, 2.24) is 10.6 Å². The van der Waals surface area contributed by atoms with Crippen molar-refractivity contribution in [3.63, 3.8) is 0 Å². The van der Waals surface area contributed by atoms with Gasteiger partial charge in [0.15, 0.2) is 0 Å². The number of aliphatic hydroxyl groups is 1. The molecule has 20 heavy (non-hydrogen) atoms. The third kappa shape index (κ3) is 3.31. The highest BCUT2D eigenvalue weighted by Gasteiger charge is 2.38. The number of alkyl halides is 3. The van der Waals surface area contributed by atoms with Crippen molar-refractivity contribution in [2.45, 2.75) is 31.2 Å². The number of benzene rings is 1. The number of halogens is 3. The van der Waals surface area contributed by atoms with Gasteiger partial charge in [0.2, 0.25) is 0 Å². The van der Waals surface area contributed by atoms with Gasteiger partial charge >= 0.3 is 6.18 Å². The molecular formula is C14H19F3N2O. The Kier molecular flexibility index (Phi) is 4.67. The molecule has 3 unspecified atom stereocenters. The van der Waals surface area contributed by atoms with Gasteiger partial charge in [-0.2, -0.15) is 13.2 Å². The van der Waals surface area contributed by atoms with E-state index in [9.17, 15) is 18.3 Å². The minimum Gasteiger partial charge on any atom is -0.393 e. The summed E-state index contributed by atoms with van der Waals surface area (Å²) in [4.78, 5) is 0. The van der Waals surface area contributed by atoms with E-state index in [0.717, 1.165) is 12.6 Å². The maximum Gasteiger partial charge on any atom is 0.416 e. The molecule has 6 heteroatoms. The van der Waals surface area contributed by atoms with Crippen LogP contribution in [0.25, 0.3) is 0 Å². The third-order valence-electron chi connectivity index (χ3n) is 3.65. The maximum atomic E-state index is 13.1. The zero-order valence-corrected chi connectivity index (χ0v) is 11.2. The second kappa shape index (κ2) is 6.11. The van der Waals surface area contributed by atoms with Crippen LogP contribution in [0.2, 0.25) is 0 Å². The molecule has 0 amide bonds. The molecule has 3 nitrogen and oxygen atoms in total. The monoisotopic (exact) mass is 288 g/mol. The lowest BCUT2D eigenvalue weighted by Crippen LogP contribution is -2.53. The van der Waals surface area contributed by atoms with Gasteiger partial charge < -0.3 is 15.7 Å². The fraction of sp³-hybridized carbons (Fsp3) is 0.571. The summed E-state index contributed by atoms with van der Waals surface area (Å²) >= 11 is 0. The fourth-order valence-electron chi connectivity index (χ4n) is 2.79. The Morgan fingerprint density at radius 2 is 1.95 bits per heavy atom. The highest BCUT2D eigenvalue weighted by atomic mass is 19.4. The molecule has 0 aliphatic carbocycles. The van der Waals surface area contributed by atoms with Crippen molar-refractivity contribution in [2.24, 2.45) is 0 Å². The molecule has 0 spiro atoms. The normalized spacial score (nSPS) is 23.4. The van der Waals surface area contributed by atoms with E-state index in [4.69, 9.17) is 0 Å². The Hall–Kier alpha value is -1.11. The predicted molar refractivity (Wildman–Crippen MR) is 70.5 cm³/mol. The van der Waals surface area contributed by atoms with Gasteiger partial charge in [-0.25, -0.2) is 0 Å². The summed E-state index contributed by atoms with van der Waals surface area (Å²) in [6, 6.07) is 5.26. The molecule has 0 bridgehead atoms. The van der Waals surface area contributed by atoms with Crippen LogP contribution in [0.4, 0.5) is 13.2 Å². The maximum absolute atomic E-state index is 13.1. The highest BCUT2D eigenvalue weighted by molar-refractivity contribution is 5.34. The van der Waals surface area contributed by atoms with Crippen molar-refractivity contribution >= 4 is 0 Å². The molecule has 0 radical (unpaired) electrons. The topological polar surface area (TPSA) is 44.3 Å². The third-order valence-corrected chi connectivity index (χ3v) is 3.65. The summed E-state index contributed by atoms with van der Waals surface area (Å²) in [7, 11) is 0. The Morgan fingerprint density at radius 3 is 2.50 bits per heavy atom. The summed E-state index contributed by atoms with van der Waals surface area (Å²) in [6.45, 7) is 3.54. The highest BCUT2D eigenvalue weighted by Crippen LogP contribution is 2.37. The number of aliphatic hydroxyl groups excluding tert-OH is 1. The molecule has 1 fully saturated rings. The molecule has 1 heterocycles. The van der Waals surface area contributed by atoms with Crippen LogP contribution in [0.15, 0.2) is 24.3 Å². The summed E-state index contributed by atoms with van der Waals surface area (Å²) in [5.41, 5.74) is -0.519. The minimum atomic E-state index is -4.41. The minimum absolute atomic E-state index is 0.149. The van der Waals surface area contributed by atoms with Crippen molar-refractivity contribution in [1.29, 1.82) is 0 Å². The molecule has 1 saturated heterocycles. The molecule has 2 rings (SSSR count). The van der Waals surface area contributed by atoms with Crippen LogP contribution < -0.4 is 10.6 Å². The van der Waals surface area contributed by atoms with E-state index in [1.54, 1.807) is 6.07 Å². The molecule has 3 N–H and O–H groups in total. The number of piperazine rings is 1. The van der Waals surface area contributed by atoms with E-state index in [1.165, 1.54) is 19.1 Å². The second-order valence-corrected chi connectivity index (χ2v) is 5.12. The van der Waals surface area contributed by atoms with E-state index >= 15 is 0 Å². The summed E-state index contributed by atoms with van der Waals surface area (Å²) in [5.74, 6) is -0.597. The van der Waals surface area contributed by atoms with E-state index in [1.807, 2.05) is 0 Å². The first-order valence-electron chi connectivity index (χ1n) is 6.69. The van der Waals surface area contributed by atoms with Crippen LogP contribution in [0.5, 0.6) is 0 Å².